The van der Waals surface area contributed by atoms with Crippen molar-refractivity contribution in [1.82, 2.24) is 9.88 Å². The van der Waals surface area contributed by atoms with Crippen LogP contribution in [0.1, 0.15) is 17.1 Å². The first-order chi connectivity index (χ1) is 7.20. The second kappa shape index (κ2) is 4.26. The molecule has 0 aromatic carbocycles. The van der Waals surface area contributed by atoms with Crippen LogP contribution in [0.5, 0.6) is 0 Å². The zero-order chi connectivity index (χ0) is 10.8. The Balaban J connectivity index is 1.94. The van der Waals surface area contributed by atoms with E-state index >= 15 is 0 Å². The van der Waals surface area contributed by atoms with E-state index in [-0.39, 0.29) is 11.9 Å². The first-order valence-electron chi connectivity index (χ1n) is 4.87. The maximum Gasteiger partial charge on any atom is 0.234 e. The average Bonchev–Trinajstić information content (AvgIpc) is 2.59. The number of likely N-dealkylation sites (tertiary alicyclic amines) is 1. The van der Waals surface area contributed by atoms with Crippen LogP contribution in [0.2, 0.25) is 0 Å². The van der Waals surface area contributed by atoms with Crippen LogP contribution in [0.3, 0.4) is 0 Å². The van der Waals surface area contributed by atoms with E-state index in [0.717, 1.165) is 23.7 Å². The van der Waals surface area contributed by atoms with E-state index in [4.69, 9.17) is 11.5 Å². The summed E-state index contributed by atoms with van der Waals surface area (Å²) in [6.45, 7) is 2.09. The highest BCUT2D eigenvalue weighted by molar-refractivity contribution is 7.09. The fraction of sp³-hybridized carbons (Fsp3) is 0.556. The SMILES string of the molecule is NCc1nc(CN2CCC2C(N)=O)cs1. The van der Waals surface area contributed by atoms with Crippen molar-refractivity contribution in [2.75, 3.05) is 6.54 Å². The van der Waals surface area contributed by atoms with Crippen LogP contribution in [0.4, 0.5) is 0 Å². The van der Waals surface area contributed by atoms with Crippen molar-refractivity contribution in [2.45, 2.75) is 25.6 Å². The Morgan fingerprint density at radius 3 is 3.00 bits per heavy atom. The van der Waals surface area contributed by atoms with Crippen molar-refractivity contribution in [3.05, 3.63) is 16.1 Å². The lowest BCUT2D eigenvalue weighted by Crippen LogP contribution is -2.54. The van der Waals surface area contributed by atoms with E-state index in [0.29, 0.717) is 13.1 Å². The van der Waals surface area contributed by atoms with Crippen molar-refractivity contribution < 1.29 is 4.79 Å². The van der Waals surface area contributed by atoms with Crippen LogP contribution in [-0.4, -0.2) is 28.4 Å². The standard InChI is InChI=1S/C9H14N4OS/c10-3-8-12-6(5-15-8)4-13-2-1-7(13)9(11)14/h5,7H,1-4,10H2,(H2,11,14). The van der Waals surface area contributed by atoms with Gasteiger partial charge in [0, 0.05) is 25.0 Å². The molecule has 0 aliphatic carbocycles. The van der Waals surface area contributed by atoms with Gasteiger partial charge in [0.25, 0.3) is 0 Å². The summed E-state index contributed by atoms with van der Waals surface area (Å²) in [6, 6.07) is -0.104. The van der Waals surface area contributed by atoms with E-state index in [1.165, 1.54) is 0 Å². The summed E-state index contributed by atoms with van der Waals surface area (Å²) in [6.07, 6.45) is 0.864. The predicted molar refractivity (Wildman–Crippen MR) is 58.0 cm³/mol. The Morgan fingerprint density at radius 2 is 2.53 bits per heavy atom. The van der Waals surface area contributed by atoms with Gasteiger partial charge in [-0.05, 0) is 6.42 Å². The Kier molecular flexibility index (Phi) is 2.99. The molecule has 0 radical (unpaired) electrons. The smallest absolute Gasteiger partial charge is 0.234 e. The number of carbonyl (C=O) groups excluding carboxylic acids is 1. The minimum Gasteiger partial charge on any atom is -0.368 e. The molecule has 1 aliphatic rings. The lowest BCUT2D eigenvalue weighted by Gasteiger charge is -2.38. The number of thiazole rings is 1. The molecule has 0 saturated carbocycles. The molecule has 15 heavy (non-hydrogen) atoms. The molecule has 6 heteroatoms. The van der Waals surface area contributed by atoms with Gasteiger partial charge in [-0.3, -0.25) is 9.69 Å². The maximum atomic E-state index is 11.0. The number of rotatable bonds is 4. The van der Waals surface area contributed by atoms with Crippen LogP contribution in [0.15, 0.2) is 5.38 Å². The quantitative estimate of drug-likeness (QED) is 0.735. The summed E-state index contributed by atoms with van der Waals surface area (Å²) in [4.78, 5) is 17.4. The highest BCUT2D eigenvalue weighted by Gasteiger charge is 2.32. The van der Waals surface area contributed by atoms with Gasteiger partial charge in [-0.2, -0.15) is 0 Å². The second-order valence-electron chi connectivity index (χ2n) is 3.61. The van der Waals surface area contributed by atoms with E-state index in [9.17, 15) is 4.79 Å². The third-order valence-corrected chi connectivity index (χ3v) is 3.52. The third-order valence-electron chi connectivity index (χ3n) is 2.60. The Labute approximate surface area is 92.1 Å². The molecule has 0 bridgehead atoms. The molecule has 5 nitrogen and oxygen atoms in total. The fourth-order valence-electron chi connectivity index (χ4n) is 1.68. The Morgan fingerprint density at radius 1 is 1.73 bits per heavy atom. The number of amides is 1. The lowest BCUT2D eigenvalue weighted by molar-refractivity contribution is -0.127. The number of carbonyl (C=O) groups is 1. The van der Waals surface area contributed by atoms with Crippen molar-refractivity contribution in [1.29, 1.82) is 0 Å². The molecule has 1 fully saturated rings. The molecule has 82 valence electrons. The molecule has 1 saturated heterocycles. The molecule has 1 unspecified atom stereocenters. The molecule has 1 atom stereocenters. The van der Waals surface area contributed by atoms with Gasteiger partial charge in [-0.1, -0.05) is 0 Å². The zero-order valence-electron chi connectivity index (χ0n) is 8.35. The van der Waals surface area contributed by atoms with Gasteiger partial charge in [-0.25, -0.2) is 4.98 Å². The van der Waals surface area contributed by atoms with Crippen LogP contribution in [-0.2, 0) is 17.9 Å². The van der Waals surface area contributed by atoms with Gasteiger partial charge in [0.05, 0.1) is 11.7 Å². The van der Waals surface area contributed by atoms with Gasteiger partial charge in [0.2, 0.25) is 5.91 Å². The van der Waals surface area contributed by atoms with Gasteiger partial charge in [0.15, 0.2) is 0 Å². The van der Waals surface area contributed by atoms with Gasteiger partial charge >= 0.3 is 0 Å². The van der Waals surface area contributed by atoms with Crippen LogP contribution < -0.4 is 11.5 Å². The van der Waals surface area contributed by atoms with Crippen molar-refractivity contribution >= 4 is 17.2 Å². The second-order valence-corrected chi connectivity index (χ2v) is 4.56. The summed E-state index contributed by atoms with van der Waals surface area (Å²) in [7, 11) is 0. The predicted octanol–water partition coefficient (Wildman–Crippen LogP) is -0.339. The lowest BCUT2D eigenvalue weighted by atomic mass is 10.0. The average molecular weight is 226 g/mol. The fourth-order valence-corrected chi connectivity index (χ4v) is 2.34. The molecule has 2 heterocycles. The minimum absolute atomic E-state index is 0.104. The summed E-state index contributed by atoms with van der Waals surface area (Å²) in [5.41, 5.74) is 11.7. The molecule has 1 amide bonds. The Hall–Kier alpha value is -0.980. The summed E-state index contributed by atoms with van der Waals surface area (Å²) in [5, 5.41) is 2.92. The largest absolute Gasteiger partial charge is 0.368 e. The highest BCUT2D eigenvalue weighted by Crippen LogP contribution is 2.20. The molecule has 0 spiro atoms. The number of nitrogens with zero attached hydrogens (tertiary/aromatic N) is 2. The highest BCUT2D eigenvalue weighted by atomic mass is 32.1. The first kappa shape index (κ1) is 10.5. The van der Waals surface area contributed by atoms with Crippen LogP contribution in [0.25, 0.3) is 0 Å². The molecular formula is C9H14N4OS. The topological polar surface area (TPSA) is 85.2 Å². The van der Waals surface area contributed by atoms with Crippen molar-refractivity contribution in [2.24, 2.45) is 11.5 Å². The normalized spacial score (nSPS) is 21.3. The summed E-state index contributed by atoms with van der Waals surface area (Å²) in [5.74, 6) is -0.240. The van der Waals surface area contributed by atoms with E-state index in [1.54, 1.807) is 11.3 Å². The molecule has 1 aromatic rings. The van der Waals surface area contributed by atoms with E-state index in [2.05, 4.69) is 4.98 Å². The number of hydrogen-bond donors (Lipinski definition) is 2. The zero-order valence-corrected chi connectivity index (χ0v) is 9.17. The Bertz CT molecular complexity index is 365. The molecule has 2 rings (SSSR count). The van der Waals surface area contributed by atoms with Gasteiger partial charge in [0.1, 0.15) is 5.01 Å². The van der Waals surface area contributed by atoms with Crippen LogP contribution >= 0.6 is 11.3 Å². The maximum absolute atomic E-state index is 11.0. The first-order valence-corrected chi connectivity index (χ1v) is 5.75. The van der Waals surface area contributed by atoms with Crippen molar-refractivity contribution in [3.63, 3.8) is 0 Å². The number of nitrogens with two attached hydrogens (primary N) is 2. The summed E-state index contributed by atoms with van der Waals surface area (Å²) >= 11 is 1.56. The number of aromatic nitrogens is 1. The summed E-state index contributed by atoms with van der Waals surface area (Å²) < 4.78 is 0. The van der Waals surface area contributed by atoms with Gasteiger partial charge in [-0.15, -0.1) is 11.3 Å². The van der Waals surface area contributed by atoms with E-state index in [1.807, 2.05) is 10.3 Å². The third kappa shape index (κ3) is 2.17. The number of primary amides is 1. The monoisotopic (exact) mass is 226 g/mol. The van der Waals surface area contributed by atoms with Crippen LogP contribution in [0, 0.1) is 0 Å². The minimum atomic E-state index is -0.240. The molecule has 1 aromatic heterocycles. The van der Waals surface area contributed by atoms with Crippen molar-refractivity contribution in [3.8, 4) is 0 Å². The molecular weight excluding hydrogens is 212 g/mol. The molecule has 4 N–H and O–H groups in total. The van der Waals surface area contributed by atoms with Gasteiger partial charge < -0.3 is 11.5 Å². The molecule has 1 aliphatic heterocycles. The van der Waals surface area contributed by atoms with E-state index < -0.39 is 0 Å². The number of hydrogen-bond acceptors (Lipinski definition) is 5.